The fourth-order valence-corrected chi connectivity index (χ4v) is 2.20. The molecule has 0 aliphatic rings. The molecule has 0 aliphatic heterocycles. The Bertz CT molecular complexity index is 602. The molecule has 0 fully saturated rings. The van der Waals surface area contributed by atoms with Crippen molar-refractivity contribution in [3.8, 4) is 0 Å². The van der Waals surface area contributed by atoms with Crippen molar-refractivity contribution in [1.29, 1.82) is 0 Å². The Morgan fingerprint density at radius 3 is 2.37 bits per heavy atom. The van der Waals surface area contributed by atoms with E-state index in [0.29, 0.717) is 5.56 Å². The highest BCUT2D eigenvalue weighted by atomic mass is 19.1. The Morgan fingerprint density at radius 2 is 1.63 bits per heavy atom. The minimum absolute atomic E-state index is 0.165. The molecule has 0 radical (unpaired) electrons. The van der Waals surface area contributed by atoms with E-state index in [4.69, 9.17) is 0 Å². The van der Waals surface area contributed by atoms with E-state index in [-0.39, 0.29) is 5.82 Å². The van der Waals surface area contributed by atoms with Crippen LogP contribution < -0.4 is 5.32 Å². The summed E-state index contributed by atoms with van der Waals surface area (Å²) in [6.45, 7) is 8.87. The van der Waals surface area contributed by atoms with Crippen molar-refractivity contribution >= 4 is 5.69 Å². The Labute approximate surface area is 114 Å². The van der Waals surface area contributed by atoms with Gasteiger partial charge in [0.25, 0.3) is 0 Å². The molecule has 0 bridgehead atoms. The molecular weight excluding hydrogens is 237 g/mol. The minimum Gasteiger partial charge on any atom is -0.381 e. The summed E-state index contributed by atoms with van der Waals surface area (Å²) in [5, 5.41) is 3.32. The molecule has 2 aromatic rings. The van der Waals surface area contributed by atoms with Crippen molar-refractivity contribution in [2.45, 2.75) is 34.2 Å². The van der Waals surface area contributed by atoms with Gasteiger partial charge in [-0.15, -0.1) is 0 Å². The second kappa shape index (κ2) is 5.43. The lowest BCUT2D eigenvalue weighted by atomic mass is 10.0. The highest BCUT2D eigenvalue weighted by molar-refractivity contribution is 5.52. The highest BCUT2D eigenvalue weighted by Crippen LogP contribution is 2.20. The predicted molar refractivity (Wildman–Crippen MR) is 79.1 cm³/mol. The van der Waals surface area contributed by atoms with Crippen molar-refractivity contribution in [3.63, 3.8) is 0 Å². The Hall–Kier alpha value is -1.83. The third-order valence-electron chi connectivity index (χ3n) is 3.69. The van der Waals surface area contributed by atoms with Crippen molar-refractivity contribution in [2.75, 3.05) is 5.32 Å². The van der Waals surface area contributed by atoms with Crippen LogP contribution in [0.5, 0.6) is 0 Å². The van der Waals surface area contributed by atoms with Crippen LogP contribution >= 0.6 is 0 Å². The third-order valence-corrected chi connectivity index (χ3v) is 3.69. The lowest BCUT2D eigenvalue weighted by Crippen LogP contribution is -2.04. The first-order valence-electron chi connectivity index (χ1n) is 6.54. The molecule has 1 N–H and O–H groups in total. The first-order chi connectivity index (χ1) is 8.99. The summed E-state index contributed by atoms with van der Waals surface area (Å²) in [6, 6.07) is 9.53. The summed E-state index contributed by atoms with van der Waals surface area (Å²) in [5.74, 6) is -0.165. The number of nitrogens with one attached hydrogen (secondary N) is 1. The second-order valence-electron chi connectivity index (χ2n) is 5.13. The van der Waals surface area contributed by atoms with Crippen molar-refractivity contribution in [3.05, 3.63) is 64.0 Å². The molecule has 100 valence electrons. The van der Waals surface area contributed by atoms with Crippen LogP contribution in [0.2, 0.25) is 0 Å². The van der Waals surface area contributed by atoms with E-state index >= 15 is 0 Å². The lowest BCUT2D eigenvalue weighted by molar-refractivity contribution is 0.619. The van der Waals surface area contributed by atoms with Gasteiger partial charge in [-0.25, -0.2) is 4.39 Å². The molecule has 0 saturated carbocycles. The van der Waals surface area contributed by atoms with Gasteiger partial charge in [-0.05, 0) is 62.1 Å². The molecule has 0 aromatic heterocycles. The maximum absolute atomic E-state index is 13.5. The zero-order chi connectivity index (χ0) is 14.0. The molecule has 1 nitrogen and oxygen atoms in total. The van der Waals surface area contributed by atoms with Gasteiger partial charge in [0.1, 0.15) is 5.82 Å². The summed E-state index contributed by atoms with van der Waals surface area (Å²) >= 11 is 0. The van der Waals surface area contributed by atoms with Gasteiger partial charge in [0.2, 0.25) is 0 Å². The summed E-state index contributed by atoms with van der Waals surface area (Å²) in [6.07, 6.45) is 0. The molecule has 19 heavy (non-hydrogen) atoms. The zero-order valence-corrected chi connectivity index (χ0v) is 12.0. The monoisotopic (exact) mass is 257 g/mol. The second-order valence-corrected chi connectivity index (χ2v) is 5.13. The fraction of sp³-hybridized carbons (Fsp3) is 0.294. The van der Waals surface area contributed by atoms with Crippen LogP contribution in [0.4, 0.5) is 10.1 Å². The maximum atomic E-state index is 13.5. The smallest absolute Gasteiger partial charge is 0.128 e. The van der Waals surface area contributed by atoms with E-state index in [2.05, 4.69) is 38.2 Å². The van der Waals surface area contributed by atoms with Crippen LogP contribution in [-0.2, 0) is 6.54 Å². The molecule has 0 unspecified atom stereocenters. The molecule has 2 rings (SSSR count). The Balaban J connectivity index is 2.19. The third kappa shape index (κ3) is 2.95. The summed E-state index contributed by atoms with van der Waals surface area (Å²) < 4.78 is 13.5. The van der Waals surface area contributed by atoms with Gasteiger partial charge in [0.05, 0.1) is 0 Å². The topological polar surface area (TPSA) is 12.0 Å². The Morgan fingerprint density at radius 1 is 0.947 bits per heavy atom. The van der Waals surface area contributed by atoms with E-state index in [0.717, 1.165) is 12.2 Å². The van der Waals surface area contributed by atoms with Crippen LogP contribution in [0.15, 0.2) is 30.3 Å². The standard InChI is InChI=1S/C17H20FN/c1-11-8-13(3)15(9-12(11)2)10-19-17-7-5-6-16(18)14(17)4/h5-9,19H,10H2,1-4H3. The normalized spacial score (nSPS) is 10.6. The van der Waals surface area contributed by atoms with E-state index < -0.39 is 0 Å². The van der Waals surface area contributed by atoms with Gasteiger partial charge in [0.15, 0.2) is 0 Å². The maximum Gasteiger partial charge on any atom is 0.128 e. The molecule has 0 saturated heterocycles. The molecular formula is C17H20FN. The number of benzene rings is 2. The van der Waals surface area contributed by atoms with Crippen molar-refractivity contribution in [1.82, 2.24) is 0 Å². The average Bonchev–Trinajstić information content (AvgIpc) is 2.37. The molecule has 0 atom stereocenters. The van der Waals surface area contributed by atoms with Crippen molar-refractivity contribution < 1.29 is 4.39 Å². The van der Waals surface area contributed by atoms with Gasteiger partial charge in [-0.2, -0.15) is 0 Å². The van der Waals surface area contributed by atoms with Gasteiger partial charge in [0, 0.05) is 17.8 Å². The molecule has 0 amide bonds. The van der Waals surface area contributed by atoms with Crippen LogP contribution in [0.3, 0.4) is 0 Å². The first kappa shape index (κ1) is 13.6. The summed E-state index contributed by atoms with van der Waals surface area (Å²) in [7, 11) is 0. The van der Waals surface area contributed by atoms with Gasteiger partial charge in [-0.3, -0.25) is 0 Å². The SMILES string of the molecule is Cc1cc(C)c(CNc2cccc(F)c2C)cc1C. The van der Waals surface area contributed by atoms with Gasteiger partial charge < -0.3 is 5.32 Å². The van der Waals surface area contributed by atoms with Gasteiger partial charge in [-0.1, -0.05) is 18.2 Å². The highest BCUT2D eigenvalue weighted by Gasteiger charge is 2.05. The zero-order valence-electron chi connectivity index (χ0n) is 12.0. The number of rotatable bonds is 3. The van der Waals surface area contributed by atoms with E-state index in [1.807, 2.05) is 6.07 Å². The number of halogens is 1. The summed E-state index contributed by atoms with van der Waals surface area (Å²) in [5.41, 5.74) is 6.65. The minimum atomic E-state index is -0.165. The predicted octanol–water partition coefficient (Wildman–Crippen LogP) is 4.67. The average molecular weight is 257 g/mol. The largest absolute Gasteiger partial charge is 0.381 e. The number of hydrogen-bond donors (Lipinski definition) is 1. The molecule has 0 spiro atoms. The first-order valence-corrected chi connectivity index (χ1v) is 6.54. The van der Waals surface area contributed by atoms with E-state index in [1.165, 1.54) is 28.3 Å². The van der Waals surface area contributed by atoms with Crippen LogP contribution in [0.25, 0.3) is 0 Å². The van der Waals surface area contributed by atoms with Crippen LogP contribution in [0.1, 0.15) is 27.8 Å². The fourth-order valence-electron chi connectivity index (χ4n) is 2.20. The number of aryl methyl sites for hydroxylation is 3. The van der Waals surface area contributed by atoms with E-state index in [1.54, 1.807) is 13.0 Å². The lowest BCUT2D eigenvalue weighted by Gasteiger charge is -2.13. The number of anilines is 1. The molecule has 0 aliphatic carbocycles. The molecule has 2 aromatic carbocycles. The van der Waals surface area contributed by atoms with E-state index in [9.17, 15) is 4.39 Å². The summed E-state index contributed by atoms with van der Waals surface area (Å²) in [4.78, 5) is 0. The molecule has 0 heterocycles. The quantitative estimate of drug-likeness (QED) is 0.842. The van der Waals surface area contributed by atoms with Crippen molar-refractivity contribution in [2.24, 2.45) is 0 Å². The van der Waals surface area contributed by atoms with Crippen LogP contribution in [-0.4, -0.2) is 0 Å². The van der Waals surface area contributed by atoms with Gasteiger partial charge >= 0.3 is 0 Å². The Kier molecular flexibility index (Phi) is 3.89. The van der Waals surface area contributed by atoms with Crippen LogP contribution in [0, 0.1) is 33.5 Å². The number of hydrogen-bond acceptors (Lipinski definition) is 1. The molecule has 2 heteroatoms.